The number of halogens is 1. The molecule has 0 amide bonds. The van der Waals surface area contributed by atoms with Crippen LogP contribution in [0.5, 0.6) is 11.8 Å². The van der Waals surface area contributed by atoms with Crippen LogP contribution in [0.15, 0.2) is 40.8 Å². The van der Waals surface area contributed by atoms with Gasteiger partial charge in [0.15, 0.2) is 5.78 Å². The summed E-state index contributed by atoms with van der Waals surface area (Å²) in [5, 5.41) is 11.2. The Labute approximate surface area is 186 Å². The summed E-state index contributed by atoms with van der Waals surface area (Å²) < 4.78 is 6.59. The standard InChI is InChI=1S/C24H29BrN2O3/c1-5-17-8-9-19(30-24-26-12-18(25)13-27-24)11-20(17)22-21(28)10-14(2)6-7-15(3)16(4)23(22)29/h8-9,11-16,29H,5-7,10H2,1-4H3/b23-22+/t14-,15+,16?/m1/s1. The molecular weight excluding hydrogens is 444 g/mol. The Kier molecular flexibility index (Phi) is 7.29. The van der Waals surface area contributed by atoms with Crippen LogP contribution in [0, 0.1) is 17.8 Å². The minimum absolute atomic E-state index is 0.00677. The molecule has 1 aromatic heterocycles. The van der Waals surface area contributed by atoms with Crippen molar-refractivity contribution in [3.8, 4) is 11.8 Å². The maximum atomic E-state index is 13.3. The van der Waals surface area contributed by atoms with Gasteiger partial charge in [0.25, 0.3) is 0 Å². The van der Waals surface area contributed by atoms with E-state index in [2.05, 4.69) is 39.7 Å². The van der Waals surface area contributed by atoms with Crippen molar-refractivity contribution in [2.75, 3.05) is 0 Å². The largest absolute Gasteiger partial charge is 0.511 e. The Balaban J connectivity index is 2.08. The molecule has 0 bridgehead atoms. The van der Waals surface area contributed by atoms with E-state index >= 15 is 0 Å². The number of aliphatic hydroxyl groups excluding tert-OH is 1. The minimum atomic E-state index is -0.0849. The number of benzene rings is 1. The lowest BCUT2D eigenvalue weighted by Gasteiger charge is -2.21. The molecule has 2 aromatic rings. The maximum absolute atomic E-state index is 13.3. The van der Waals surface area contributed by atoms with Crippen LogP contribution >= 0.6 is 15.9 Å². The zero-order valence-electron chi connectivity index (χ0n) is 18.0. The third-order valence-corrected chi connectivity index (χ3v) is 6.42. The molecule has 0 fully saturated rings. The van der Waals surface area contributed by atoms with Crippen LogP contribution in [0.25, 0.3) is 5.57 Å². The molecule has 5 nitrogen and oxygen atoms in total. The summed E-state index contributed by atoms with van der Waals surface area (Å²) in [4.78, 5) is 21.6. The van der Waals surface area contributed by atoms with E-state index in [4.69, 9.17) is 4.74 Å². The fourth-order valence-corrected chi connectivity index (χ4v) is 4.07. The number of hydrogen-bond donors (Lipinski definition) is 1. The first-order valence-electron chi connectivity index (χ1n) is 10.5. The van der Waals surface area contributed by atoms with Gasteiger partial charge in [0.2, 0.25) is 0 Å². The molecule has 0 aliphatic heterocycles. The van der Waals surface area contributed by atoms with Crippen molar-refractivity contribution >= 4 is 27.3 Å². The highest BCUT2D eigenvalue weighted by atomic mass is 79.9. The fraction of sp³-hybridized carbons (Fsp3) is 0.458. The first kappa shape index (κ1) is 22.5. The molecule has 1 unspecified atom stereocenters. The summed E-state index contributed by atoms with van der Waals surface area (Å²) in [7, 11) is 0. The number of carbonyl (C=O) groups is 1. The third kappa shape index (κ3) is 5.09. The van der Waals surface area contributed by atoms with Crippen LogP contribution in [0.2, 0.25) is 0 Å². The van der Waals surface area contributed by atoms with E-state index in [0.29, 0.717) is 23.7 Å². The minimum Gasteiger partial charge on any atom is -0.511 e. The second kappa shape index (κ2) is 9.73. The number of aromatic nitrogens is 2. The number of nitrogens with zero attached hydrogens (tertiary/aromatic N) is 2. The second-order valence-corrected chi connectivity index (χ2v) is 9.21. The highest BCUT2D eigenvalue weighted by Crippen LogP contribution is 2.37. The average Bonchev–Trinajstić information content (AvgIpc) is 2.75. The van der Waals surface area contributed by atoms with E-state index in [0.717, 1.165) is 34.9 Å². The smallest absolute Gasteiger partial charge is 0.321 e. The monoisotopic (exact) mass is 472 g/mol. The van der Waals surface area contributed by atoms with Crippen LogP contribution in [0.3, 0.4) is 0 Å². The number of Topliss-reactive ketones (excluding diaryl/α,β-unsaturated/α-hetero) is 1. The van der Waals surface area contributed by atoms with Crippen molar-refractivity contribution in [1.29, 1.82) is 0 Å². The summed E-state index contributed by atoms with van der Waals surface area (Å²) in [6.07, 6.45) is 6.39. The summed E-state index contributed by atoms with van der Waals surface area (Å²) in [6.45, 7) is 8.31. The highest BCUT2D eigenvalue weighted by molar-refractivity contribution is 9.10. The summed E-state index contributed by atoms with van der Waals surface area (Å²) in [5.74, 6) is 1.22. The second-order valence-electron chi connectivity index (χ2n) is 8.29. The predicted molar refractivity (Wildman–Crippen MR) is 122 cm³/mol. The fourth-order valence-electron chi connectivity index (χ4n) is 3.86. The lowest BCUT2D eigenvalue weighted by Crippen LogP contribution is -2.15. The molecule has 0 radical (unpaired) electrons. The molecule has 1 heterocycles. The van der Waals surface area contributed by atoms with Crippen molar-refractivity contribution in [3.63, 3.8) is 0 Å². The van der Waals surface area contributed by atoms with E-state index in [1.807, 2.05) is 32.0 Å². The number of rotatable bonds is 4. The van der Waals surface area contributed by atoms with Gasteiger partial charge in [-0.05, 0) is 70.3 Å². The van der Waals surface area contributed by atoms with Crippen LogP contribution in [-0.4, -0.2) is 20.9 Å². The van der Waals surface area contributed by atoms with Crippen LogP contribution in [-0.2, 0) is 11.2 Å². The van der Waals surface area contributed by atoms with Gasteiger partial charge in [-0.25, -0.2) is 9.97 Å². The highest BCUT2D eigenvalue weighted by Gasteiger charge is 2.29. The molecule has 0 spiro atoms. The van der Waals surface area contributed by atoms with Crippen LogP contribution in [0.4, 0.5) is 0 Å². The molecule has 160 valence electrons. The average molecular weight is 473 g/mol. The number of aliphatic hydroxyl groups is 1. The zero-order valence-corrected chi connectivity index (χ0v) is 19.6. The Bertz CT molecular complexity index is 940. The molecular formula is C24H29BrN2O3. The van der Waals surface area contributed by atoms with E-state index in [1.165, 1.54) is 0 Å². The van der Waals surface area contributed by atoms with E-state index in [-0.39, 0.29) is 29.4 Å². The predicted octanol–water partition coefficient (Wildman–Crippen LogP) is 6.52. The molecule has 1 N–H and O–H groups in total. The van der Waals surface area contributed by atoms with Crippen molar-refractivity contribution in [2.45, 2.75) is 53.4 Å². The molecule has 0 saturated heterocycles. The molecule has 1 aliphatic rings. The molecule has 3 rings (SSSR count). The Hall–Kier alpha value is -2.21. The quantitative estimate of drug-likeness (QED) is 0.547. The Morgan fingerprint density at radius 1 is 1.17 bits per heavy atom. The molecule has 6 heteroatoms. The van der Waals surface area contributed by atoms with E-state index < -0.39 is 0 Å². The van der Waals surface area contributed by atoms with Gasteiger partial charge >= 0.3 is 6.01 Å². The van der Waals surface area contributed by atoms with Crippen LogP contribution < -0.4 is 4.74 Å². The summed E-state index contributed by atoms with van der Waals surface area (Å²) in [5.41, 5.74) is 2.17. The van der Waals surface area contributed by atoms with Gasteiger partial charge in [0, 0.05) is 24.7 Å². The topological polar surface area (TPSA) is 72.3 Å². The van der Waals surface area contributed by atoms with Gasteiger partial charge in [-0.1, -0.05) is 33.8 Å². The number of hydrogen-bond acceptors (Lipinski definition) is 5. The zero-order chi connectivity index (χ0) is 21.8. The molecule has 1 aliphatic carbocycles. The van der Waals surface area contributed by atoms with Gasteiger partial charge in [0.1, 0.15) is 11.5 Å². The Morgan fingerprint density at radius 2 is 1.87 bits per heavy atom. The van der Waals surface area contributed by atoms with Gasteiger partial charge < -0.3 is 9.84 Å². The normalized spacial score (nSPS) is 25.4. The van der Waals surface area contributed by atoms with Gasteiger partial charge in [0.05, 0.1) is 10.0 Å². The van der Waals surface area contributed by atoms with Crippen LogP contribution in [0.1, 0.15) is 58.1 Å². The van der Waals surface area contributed by atoms with Crippen molar-refractivity contribution < 1.29 is 14.6 Å². The van der Waals surface area contributed by atoms with Gasteiger partial charge in [-0.15, -0.1) is 0 Å². The van der Waals surface area contributed by atoms with Crippen molar-refractivity contribution in [2.24, 2.45) is 17.8 Å². The maximum Gasteiger partial charge on any atom is 0.321 e. The molecule has 30 heavy (non-hydrogen) atoms. The summed E-state index contributed by atoms with van der Waals surface area (Å²) >= 11 is 3.31. The van der Waals surface area contributed by atoms with Gasteiger partial charge in [-0.2, -0.15) is 0 Å². The van der Waals surface area contributed by atoms with Gasteiger partial charge in [-0.3, -0.25) is 4.79 Å². The molecule has 1 aromatic carbocycles. The van der Waals surface area contributed by atoms with Crippen molar-refractivity contribution in [1.82, 2.24) is 9.97 Å². The first-order valence-corrected chi connectivity index (χ1v) is 11.3. The lowest BCUT2D eigenvalue weighted by molar-refractivity contribution is -0.114. The SMILES string of the molecule is CCc1ccc(Oc2ncc(Br)cn2)cc1/C1=C(\O)C(C)[C@@H](C)CC[C@@H](C)CC1=O. The molecule has 3 atom stereocenters. The molecule has 0 saturated carbocycles. The number of ether oxygens (including phenoxy) is 1. The van der Waals surface area contributed by atoms with E-state index in [1.54, 1.807) is 12.4 Å². The third-order valence-electron chi connectivity index (χ3n) is 6.01. The number of ketones is 1. The number of allylic oxidation sites excluding steroid dienone is 2. The van der Waals surface area contributed by atoms with E-state index in [9.17, 15) is 9.90 Å². The number of aryl methyl sites for hydroxylation is 1. The first-order chi connectivity index (χ1) is 14.3. The number of carbonyl (C=O) groups excluding carboxylic acids is 1. The van der Waals surface area contributed by atoms with Crippen molar-refractivity contribution in [3.05, 3.63) is 52.0 Å². The lowest BCUT2D eigenvalue weighted by atomic mass is 9.85. The summed E-state index contributed by atoms with van der Waals surface area (Å²) in [6, 6.07) is 5.84. The Morgan fingerprint density at radius 3 is 2.53 bits per heavy atom.